The number of anilines is 2. The fourth-order valence-corrected chi connectivity index (χ4v) is 12.9. The molecule has 0 spiro atoms. The van der Waals surface area contributed by atoms with Gasteiger partial charge in [0.15, 0.2) is 18.7 Å². The Morgan fingerprint density at radius 1 is 0.882 bits per heavy atom. The Labute approximate surface area is 500 Å². The molecular formula is C59H99FN8O17. The number of alkyl carbamates (subject to hydrolysis) is 1. The van der Waals surface area contributed by atoms with Crippen molar-refractivity contribution in [3.8, 4) is 0 Å². The number of hydrogen-bond donors (Lipinski definition) is 8. The molecule has 26 heteroatoms. The molecule has 5 heterocycles. The Morgan fingerprint density at radius 2 is 1.54 bits per heavy atom. The third kappa shape index (κ3) is 16.9. The van der Waals surface area contributed by atoms with E-state index in [4.69, 9.17) is 43.6 Å². The minimum absolute atomic E-state index is 0.00541. The summed E-state index contributed by atoms with van der Waals surface area (Å²) < 4.78 is 65.3. The molecule has 1 aromatic carbocycles. The first-order valence-corrected chi connectivity index (χ1v) is 30.2. The number of benzene rings is 1. The van der Waals surface area contributed by atoms with E-state index in [-0.39, 0.29) is 63.0 Å². The molecule has 5 fully saturated rings. The fourth-order valence-electron chi connectivity index (χ4n) is 12.9. The van der Waals surface area contributed by atoms with Crippen LogP contribution in [0.2, 0.25) is 0 Å². The van der Waals surface area contributed by atoms with Crippen LogP contribution in [0.1, 0.15) is 115 Å². The number of nitrogens with zero attached hydrogens (tertiary/aromatic N) is 4. The van der Waals surface area contributed by atoms with Crippen LogP contribution in [-0.4, -0.2) is 230 Å². The lowest BCUT2D eigenvalue weighted by Gasteiger charge is -2.49. The molecule has 5 aliphatic heterocycles. The number of amides is 5. The van der Waals surface area contributed by atoms with E-state index in [9.17, 15) is 44.4 Å². The number of halogens is 1. The molecule has 5 aliphatic rings. The van der Waals surface area contributed by atoms with Gasteiger partial charge < -0.3 is 94.7 Å². The van der Waals surface area contributed by atoms with Gasteiger partial charge in [0, 0.05) is 83.6 Å². The molecule has 0 saturated carbocycles. The highest BCUT2D eigenvalue weighted by molar-refractivity contribution is 5.90. The summed E-state index contributed by atoms with van der Waals surface area (Å²) in [5.41, 5.74) is 2.62. The summed E-state index contributed by atoms with van der Waals surface area (Å²) in [5, 5.41) is 56.4. The summed E-state index contributed by atoms with van der Waals surface area (Å²) in [6.45, 7) is 20.7. The van der Waals surface area contributed by atoms with E-state index in [2.05, 4.69) is 16.0 Å². The average molecular weight is 1210 g/mol. The van der Waals surface area contributed by atoms with Crippen LogP contribution in [0.3, 0.4) is 0 Å². The zero-order chi connectivity index (χ0) is 63.0. The zero-order valence-corrected chi connectivity index (χ0v) is 52.3. The molecule has 9 N–H and O–H groups in total. The van der Waals surface area contributed by atoms with Gasteiger partial charge in [-0.2, -0.15) is 0 Å². The van der Waals surface area contributed by atoms with E-state index in [0.717, 1.165) is 0 Å². The van der Waals surface area contributed by atoms with Gasteiger partial charge in [0.1, 0.15) is 35.3 Å². The molecule has 1 aromatic rings. The highest BCUT2D eigenvalue weighted by Gasteiger charge is 2.54. The molecule has 20 atom stereocenters. The Bertz CT molecular complexity index is 2400. The van der Waals surface area contributed by atoms with Crippen molar-refractivity contribution >= 4 is 41.5 Å². The maximum atomic E-state index is 15.4. The van der Waals surface area contributed by atoms with Crippen LogP contribution in [0.25, 0.3) is 0 Å². The maximum absolute atomic E-state index is 15.4. The van der Waals surface area contributed by atoms with Gasteiger partial charge in [-0.3, -0.25) is 14.5 Å². The van der Waals surface area contributed by atoms with Gasteiger partial charge in [-0.1, -0.05) is 27.7 Å². The number of rotatable bonds is 17. The second kappa shape index (κ2) is 29.5. The minimum Gasteiger partial charge on any atom is -0.459 e. The molecule has 5 amide bonds. The first-order valence-electron chi connectivity index (χ1n) is 30.2. The third-order valence-corrected chi connectivity index (χ3v) is 18.1. The van der Waals surface area contributed by atoms with Gasteiger partial charge in [0.25, 0.3) is 0 Å². The largest absolute Gasteiger partial charge is 0.459 e. The van der Waals surface area contributed by atoms with E-state index >= 15 is 4.39 Å². The molecule has 9 unspecified atom stereocenters. The van der Waals surface area contributed by atoms with Crippen LogP contribution in [0.5, 0.6) is 0 Å². The Balaban J connectivity index is 1.05. The van der Waals surface area contributed by atoms with Crippen LogP contribution in [0.15, 0.2) is 18.2 Å². The number of likely N-dealkylation sites (N-methyl/N-ethyl adjacent to an activating group) is 1. The number of urea groups is 1. The van der Waals surface area contributed by atoms with Crippen molar-refractivity contribution in [2.75, 3.05) is 83.4 Å². The number of esters is 1. The normalized spacial score (nSPS) is 38.0. The molecule has 25 nitrogen and oxygen atoms in total. The number of nitrogens with one attached hydrogen (secondary N) is 3. The topological polar surface area (TPSA) is 315 Å². The number of carbonyl (C=O) groups is 5. The first-order chi connectivity index (χ1) is 39.8. The Morgan fingerprint density at radius 3 is 2.15 bits per heavy atom. The summed E-state index contributed by atoms with van der Waals surface area (Å²) in [6, 6.07) is 3.13. The van der Waals surface area contributed by atoms with E-state index in [0.29, 0.717) is 63.4 Å². The minimum atomic E-state index is -1.93. The van der Waals surface area contributed by atoms with Crippen molar-refractivity contribution in [3.63, 3.8) is 0 Å². The van der Waals surface area contributed by atoms with E-state index in [1.807, 2.05) is 37.7 Å². The van der Waals surface area contributed by atoms with Gasteiger partial charge in [-0.25, -0.2) is 18.8 Å². The molecule has 0 bridgehead atoms. The lowest BCUT2D eigenvalue weighted by molar-refractivity contribution is -0.318. The number of ether oxygens (including phenoxy) is 8. The van der Waals surface area contributed by atoms with Gasteiger partial charge >= 0.3 is 24.2 Å². The van der Waals surface area contributed by atoms with Crippen LogP contribution in [-0.2, 0) is 47.5 Å². The SMILES string of the molecule is CCC1OC(=O)[C@H](C)[C@@H](OC2CC(C)(OC)C(OC(=O)NCCCCNC(=O)N3CCN(c4ccc(N5C[C@H](CNC(C)=O)OC5=O)cc4F)CC3)C(C)O2)[C@H](C)[C@@H](OC2OC(C)CC(N(C)C)C2O)[C@](C)(O)C[C@@H](C)[C@H](N)[C@H](C)[C@@H](O)[C@]1(C)O. The molecule has 484 valence electrons. The Hall–Kier alpha value is -4.74. The quantitative estimate of drug-likeness (QED) is 0.0631. The molecule has 0 aromatic heterocycles. The molecule has 6 rings (SSSR count). The number of unbranched alkanes of at least 4 members (excludes halogenated alkanes) is 1. The van der Waals surface area contributed by atoms with Crippen LogP contribution >= 0.6 is 0 Å². The van der Waals surface area contributed by atoms with Gasteiger partial charge in [-0.05, 0) is 112 Å². The standard InChI is InChI=1S/C59H99FN8O17/c1-15-44-59(11,77)49(71)34(4)46(61)32(2)28-57(9,76)50(84-53-47(70)43(65(12)13)26-33(3)79-53)35(5)48(36(6)52(72)82-44)83-45-29-58(10,78-14)51(37(7)80-45)85-55(74)63-21-17-16-20-62-54(73)67-24-22-66(23-25-67)42-19-18-39(27-41(42)60)68-31-40(81-56(68)75)30-64-38(8)69/h18-19,27,32-37,40,43-51,53,70-71,76-77H,15-17,20-26,28-31,61H2,1-14H3,(H,62,73)(H,63,74)(H,64,69)/t32-,33?,34+,35+,36-,37?,40+,43?,44?,45?,46+,47?,48+,49-,50-,51?,53?,57-,58?,59-/m1/s1. The van der Waals surface area contributed by atoms with Crippen molar-refractivity contribution in [2.24, 2.45) is 29.4 Å². The van der Waals surface area contributed by atoms with E-state index in [1.54, 1.807) is 65.5 Å². The number of piperazine rings is 1. The van der Waals surface area contributed by atoms with Gasteiger partial charge in [0.2, 0.25) is 5.91 Å². The monoisotopic (exact) mass is 1210 g/mol. The number of methoxy groups -OCH3 is 1. The Kier molecular flexibility index (Phi) is 24.1. The smallest absolute Gasteiger partial charge is 0.414 e. The summed E-state index contributed by atoms with van der Waals surface area (Å²) in [6.07, 6.45) is -10.8. The number of aliphatic hydroxyl groups excluding tert-OH is 2. The summed E-state index contributed by atoms with van der Waals surface area (Å²) in [5.74, 6) is -4.76. The van der Waals surface area contributed by atoms with E-state index < -0.39 is 132 Å². The number of hydrogen-bond acceptors (Lipinski definition) is 20. The zero-order valence-electron chi connectivity index (χ0n) is 52.3. The van der Waals surface area contributed by atoms with Crippen molar-refractivity contribution in [3.05, 3.63) is 24.0 Å². The second-order valence-corrected chi connectivity index (χ2v) is 25.2. The molecule has 85 heavy (non-hydrogen) atoms. The van der Waals surface area contributed by atoms with Crippen LogP contribution in [0, 0.1) is 29.5 Å². The number of aliphatic hydroxyl groups is 4. The number of carbonyl (C=O) groups excluding carboxylic acids is 5. The van der Waals surface area contributed by atoms with Crippen molar-refractivity contribution in [1.29, 1.82) is 0 Å². The highest BCUT2D eigenvalue weighted by Crippen LogP contribution is 2.42. The lowest BCUT2D eigenvalue weighted by Crippen LogP contribution is -2.62. The molecule has 5 saturated heterocycles. The van der Waals surface area contributed by atoms with E-state index in [1.165, 1.54) is 31.9 Å². The summed E-state index contributed by atoms with van der Waals surface area (Å²) in [7, 11) is 5.18. The molecular weight excluding hydrogens is 1110 g/mol. The average Bonchev–Trinajstić information content (AvgIpc) is 3.98. The van der Waals surface area contributed by atoms with Gasteiger partial charge in [0.05, 0.1) is 66.5 Å². The first kappa shape index (κ1) is 69.4. The maximum Gasteiger partial charge on any atom is 0.414 e. The van der Waals surface area contributed by atoms with Crippen LogP contribution < -0.4 is 31.5 Å². The van der Waals surface area contributed by atoms with Crippen molar-refractivity contribution in [1.82, 2.24) is 25.8 Å². The number of nitrogens with two attached hydrogens (primary N) is 1. The predicted molar refractivity (Wildman–Crippen MR) is 311 cm³/mol. The molecule has 0 radical (unpaired) electrons. The number of cyclic esters (lactones) is 2. The summed E-state index contributed by atoms with van der Waals surface area (Å²) >= 11 is 0. The predicted octanol–water partition coefficient (Wildman–Crippen LogP) is 3.19. The van der Waals surface area contributed by atoms with Gasteiger partial charge in [-0.15, -0.1) is 0 Å². The second-order valence-electron chi connectivity index (χ2n) is 25.2. The highest BCUT2D eigenvalue weighted by atomic mass is 19.1. The molecule has 0 aliphatic carbocycles. The van der Waals surface area contributed by atoms with Crippen molar-refractivity contribution < 1.29 is 86.7 Å². The summed E-state index contributed by atoms with van der Waals surface area (Å²) in [4.78, 5) is 71.5. The van der Waals surface area contributed by atoms with Crippen LogP contribution in [0.4, 0.5) is 30.1 Å². The van der Waals surface area contributed by atoms with Crippen molar-refractivity contribution in [2.45, 2.75) is 211 Å². The third-order valence-electron chi connectivity index (χ3n) is 18.1. The fraction of sp³-hybridized carbons (Fsp3) is 0.814. The lowest BCUT2D eigenvalue weighted by atomic mass is 9.72.